The summed E-state index contributed by atoms with van der Waals surface area (Å²) in [6.07, 6.45) is 0. The van der Waals surface area contributed by atoms with E-state index in [1.165, 1.54) is 0 Å². The lowest BCUT2D eigenvalue weighted by molar-refractivity contribution is 0.547. The Hall–Kier alpha value is 0.280. The molecule has 0 spiro atoms. The summed E-state index contributed by atoms with van der Waals surface area (Å²) in [5.41, 5.74) is 1.13. The Kier molecular flexibility index (Phi) is 4.75. The molecular formula is C11H13BrCl2. The largest absolute Gasteiger partial charge is 0.0925 e. The third-order valence-electron chi connectivity index (χ3n) is 2.57. The van der Waals surface area contributed by atoms with Gasteiger partial charge in [-0.25, -0.2) is 0 Å². The lowest BCUT2D eigenvalue weighted by atomic mass is 9.90. The molecule has 0 N–H and O–H groups in total. The molecule has 0 saturated carbocycles. The summed E-state index contributed by atoms with van der Waals surface area (Å²) in [5, 5.41) is 2.30. The highest BCUT2D eigenvalue weighted by molar-refractivity contribution is 9.09. The topological polar surface area (TPSA) is 0 Å². The van der Waals surface area contributed by atoms with Crippen molar-refractivity contribution in [1.82, 2.24) is 0 Å². The fourth-order valence-corrected chi connectivity index (χ4v) is 2.35. The first kappa shape index (κ1) is 12.4. The van der Waals surface area contributed by atoms with Crippen LogP contribution in [0.15, 0.2) is 18.2 Å². The van der Waals surface area contributed by atoms with E-state index in [4.69, 9.17) is 23.2 Å². The quantitative estimate of drug-likeness (QED) is 0.678. The monoisotopic (exact) mass is 294 g/mol. The Labute approximate surface area is 104 Å². The van der Waals surface area contributed by atoms with E-state index >= 15 is 0 Å². The summed E-state index contributed by atoms with van der Waals surface area (Å²) in [6.45, 7) is 4.36. The Morgan fingerprint density at radius 2 is 1.93 bits per heavy atom. The number of benzene rings is 1. The third-order valence-corrected chi connectivity index (χ3v) is 4.42. The molecule has 0 bridgehead atoms. The molecule has 14 heavy (non-hydrogen) atoms. The molecule has 0 radical (unpaired) electrons. The van der Waals surface area contributed by atoms with E-state index in [9.17, 15) is 0 Å². The summed E-state index contributed by atoms with van der Waals surface area (Å²) in [6, 6.07) is 5.80. The SMILES string of the molecule is CC(CBr)C(C)c1cccc(Cl)c1Cl. The molecule has 0 aliphatic rings. The van der Waals surface area contributed by atoms with Gasteiger partial charge in [0, 0.05) is 5.33 Å². The molecule has 1 aromatic rings. The van der Waals surface area contributed by atoms with Crippen LogP contribution in [0.2, 0.25) is 10.0 Å². The summed E-state index contributed by atoms with van der Waals surface area (Å²) in [4.78, 5) is 0. The van der Waals surface area contributed by atoms with Crippen LogP contribution in [0, 0.1) is 5.92 Å². The van der Waals surface area contributed by atoms with Crippen LogP contribution < -0.4 is 0 Å². The minimum absolute atomic E-state index is 0.417. The van der Waals surface area contributed by atoms with Crippen molar-refractivity contribution in [2.45, 2.75) is 19.8 Å². The van der Waals surface area contributed by atoms with Crippen molar-refractivity contribution < 1.29 is 0 Å². The first-order chi connectivity index (χ1) is 6.57. The van der Waals surface area contributed by atoms with Gasteiger partial charge in [-0.2, -0.15) is 0 Å². The number of halogens is 3. The van der Waals surface area contributed by atoms with E-state index in [0.717, 1.165) is 10.9 Å². The van der Waals surface area contributed by atoms with Gasteiger partial charge in [0.15, 0.2) is 0 Å². The second kappa shape index (κ2) is 5.39. The van der Waals surface area contributed by atoms with Crippen molar-refractivity contribution in [3.8, 4) is 0 Å². The summed E-state index contributed by atoms with van der Waals surface area (Å²) in [7, 11) is 0. The second-order valence-corrected chi connectivity index (χ2v) is 5.00. The smallest absolute Gasteiger partial charge is 0.0627 e. The summed E-state index contributed by atoms with van der Waals surface area (Å²) < 4.78 is 0. The highest BCUT2D eigenvalue weighted by atomic mass is 79.9. The van der Waals surface area contributed by atoms with Crippen LogP contribution >= 0.6 is 39.1 Å². The first-order valence-electron chi connectivity index (χ1n) is 4.57. The zero-order valence-corrected chi connectivity index (χ0v) is 11.3. The fraction of sp³-hybridized carbons (Fsp3) is 0.455. The van der Waals surface area contributed by atoms with Gasteiger partial charge in [-0.15, -0.1) is 0 Å². The maximum absolute atomic E-state index is 6.14. The average molecular weight is 296 g/mol. The molecule has 0 heterocycles. The highest BCUT2D eigenvalue weighted by Gasteiger charge is 2.16. The molecule has 0 aliphatic heterocycles. The van der Waals surface area contributed by atoms with Gasteiger partial charge in [0.2, 0.25) is 0 Å². The molecule has 1 aromatic carbocycles. The molecule has 0 saturated heterocycles. The lowest BCUT2D eigenvalue weighted by Crippen LogP contribution is -2.07. The van der Waals surface area contributed by atoms with E-state index in [1.807, 2.05) is 18.2 Å². The van der Waals surface area contributed by atoms with Crippen molar-refractivity contribution in [3.63, 3.8) is 0 Å². The van der Waals surface area contributed by atoms with E-state index in [1.54, 1.807) is 0 Å². The second-order valence-electron chi connectivity index (χ2n) is 3.56. The maximum atomic E-state index is 6.14. The minimum Gasteiger partial charge on any atom is -0.0925 e. The Balaban J connectivity index is 3.01. The van der Waals surface area contributed by atoms with Crippen LogP contribution in [0.25, 0.3) is 0 Å². The van der Waals surface area contributed by atoms with Crippen LogP contribution in [-0.4, -0.2) is 5.33 Å². The van der Waals surface area contributed by atoms with Crippen molar-refractivity contribution in [2.24, 2.45) is 5.92 Å². The molecule has 2 unspecified atom stereocenters. The van der Waals surface area contributed by atoms with E-state index in [-0.39, 0.29) is 0 Å². The molecule has 2 atom stereocenters. The molecule has 0 aromatic heterocycles. The Bertz CT molecular complexity index is 312. The third kappa shape index (κ3) is 2.65. The van der Waals surface area contributed by atoms with Crippen molar-refractivity contribution in [3.05, 3.63) is 33.8 Å². The highest BCUT2D eigenvalue weighted by Crippen LogP contribution is 2.34. The van der Waals surface area contributed by atoms with Gasteiger partial charge in [-0.05, 0) is 23.5 Å². The van der Waals surface area contributed by atoms with E-state index in [0.29, 0.717) is 21.9 Å². The lowest BCUT2D eigenvalue weighted by Gasteiger charge is -2.19. The number of hydrogen-bond donors (Lipinski definition) is 0. The predicted octanol–water partition coefficient (Wildman–Crippen LogP) is 5.13. The predicted molar refractivity (Wildman–Crippen MR) is 67.8 cm³/mol. The Morgan fingerprint density at radius 1 is 1.29 bits per heavy atom. The molecular weight excluding hydrogens is 283 g/mol. The van der Waals surface area contributed by atoms with Crippen molar-refractivity contribution >= 4 is 39.1 Å². The van der Waals surface area contributed by atoms with Gasteiger partial charge in [-0.1, -0.05) is 65.1 Å². The molecule has 78 valence electrons. The van der Waals surface area contributed by atoms with Crippen molar-refractivity contribution in [2.75, 3.05) is 5.33 Å². The van der Waals surface area contributed by atoms with Crippen LogP contribution in [-0.2, 0) is 0 Å². The van der Waals surface area contributed by atoms with Gasteiger partial charge >= 0.3 is 0 Å². The van der Waals surface area contributed by atoms with Gasteiger partial charge in [0.25, 0.3) is 0 Å². The van der Waals surface area contributed by atoms with E-state index < -0.39 is 0 Å². The first-order valence-corrected chi connectivity index (χ1v) is 6.45. The van der Waals surface area contributed by atoms with Gasteiger partial charge in [0.05, 0.1) is 10.0 Å². The molecule has 3 heteroatoms. The average Bonchev–Trinajstić information content (AvgIpc) is 2.20. The molecule has 1 rings (SSSR count). The molecule has 0 nitrogen and oxygen atoms in total. The van der Waals surface area contributed by atoms with Gasteiger partial charge in [0.1, 0.15) is 0 Å². The zero-order chi connectivity index (χ0) is 10.7. The maximum Gasteiger partial charge on any atom is 0.0627 e. The number of rotatable bonds is 3. The van der Waals surface area contributed by atoms with Crippen LogP contribution in [0.3, 0.4) is 0 Å². The van der Waals surface area contributed by atoms with Crippen LogP contribution in [0.4, 0.5) is 0 Å². The van der Waals surface area contributed by atoms with E-state index in [2.05, 4.69) is 29.8 Å². The zero-order valence-electron chi connectivity index (χ0n) is 8.23. The van der Waals surface area contributed by atoms with Crippen LogP contribution in [0.1, 0.15) is 25.3 Å². The standard InChI is InChI=1S/C11H13BrCl2/c1-7(6-12)8(2)9-4-3-5-10(13)11(9)14/h3-5,7-8H,6H2,1-2H3. The summed E-state index contributed by atoms with van der Waals surface area (Å²) >= 11 is 15.6. The summed E-state index contributed by atoms with van der Waals surface area (Å²) in [5.74, 6) is 0.964. The molecule has 0 amide bonds. The van der Waals surface area contributed by atoms with Gasteiger partial charge in [-0.3, -0.25) is 0 Å². The molecule has 0 aliphatic carbocycles. The number of hydrogen-bond acceptors (Lipinski definition) is 0. The Morgan fingerprint density at radius 3 is 2.50 bits per heavy atom. The normalized spacial score (nSPS) is 15.2. The fourth-order valence-electron chi connectivity index (χ4n) is 1.31. The number of alkyl halides is 1. The van der Waals surface area contributed by atoms with Crippen molar-refractivity contribution in [1.29, 1.82) is 0 Å². The van der Waals surface area contributed by atoms with Crippen LogP contribution in [0.5, 0.6) is 0 Å². The minimum atomic E-state index is 0.417. The van der Waals surface area contributed by atoms with Gasteiger partial charge < -0.3 is 0 Å². The molecule has 0 fully saturated rings.